The molecule has 2 rings (SSSR count). The Kier molecular flexibility index (Phi) is 5.07. The van der Waals surface area contributed by atoms with Gasteiger partial charge in [-0.25, -0.2) is 8.78 Å². The smallest absolute Gasteiger partial charge is 0.267 e. The van der Waals surface area contributed by atoms with Crippen molar-refractivity contribution in [3.63, 3.8) is 0 Å². The topological polar surface area (TPSA) is 99.4 Å². The van der Waals surface area contributed by atoms with E-state index in [1.54, 1.807) is 0 Å². The van der Waals surface area contributed by atoms with Gasteiger partial charge in [0, 0.05) is 0 Å². The van der Waals surface area contributed by atoms with Crippen molar-refractivity contribution >= 4 is 0 Å². The quantitative estimate of drug-likeness (QED) is 0.615. The van der Waals surface area contributed by atoms with E-state index < -0.39 is 49.3 Å². The lowest BCUT2D eigenvalue weighted by atomic mass is 9.99. The largest absolute Gasteiger partial charge is 0.461 e. The molecule has 118 valence electrons. The van der Waals surface area contributed by atoms with Crippen LogP contribution in [0.4, 0.5) is 8.78 Å². The highest BCUT2D eigenvalue weighted by atomic mass is 19.3. The minimum atomic E-state index is -2.79. The molecule has 0 amide bonds. The molecular weight excluding hydrogens is 290 g/mol. The molecule has 1 aromatic rings. The number of aliphatic hydroxyl groups excluding tert-OH is 4. The summed E-state index contributed by atoms with van der Waals surface area (Å²) in [5, 5.41) is 38.0. The van der Waals surface area contributed by atoms with E-state index in [1.807, 2.05) is 0 Å². The Bertz CT molecular complexity index is 470. The van der Waals surface area contributed by atoms with Crippen LogP contribution in [-0.2, 0) is 4.74 Å². The molecule has 21 heavy (non-hydrogen) atoms. The Morgan fingerprint density at radius 1 is 1.10 bits per heavy atom. The monoisotopic (exact) mass is 306 g/mol. The van der Waals surface area contributed by atoms with E-state index in [9.17, 15) is 24.1 Å². The Morgan fingerprint density at radius 3 is 2.38 bits per heavy atom. The van der Waals surface area contributed by atoms with Crippen LogP contribution in [0.3, 0.4) is 0 Å². The molecule has 0 bridgehead atoms. The first-order chi connectivity index (χ1) is 9.95. The summed E-state index contributed by atoms with van der Waals surface area (Å²) in [6, 6.07) is 5.29. The molecule has 1 aromatic carbocycles. The van der Waals surface area contributed by atoms with Crippen molar-refractivity contribution in [1.82, 2.24) is 0 Å². The summed E-state index contributed by atoms with van der Waals surface area (Å²) in [6.07, 6.45) is -10.2. The van der Waals surface area contributed by atoms with E-state index in [0.29, 0.717) is 0 Å². The molecule has 1 saturated heterocycles. The summed E-state index contributed by atoms with van der Waals surface area (Å²) in [6.45, 7) is -0.624. The molecule has 6 nitrogen and oxygen atoms in total. The molecule has 1 aliphatic heterocycles. The molecule has 0 saturated carbocycles. The van der Waals surface area contributed by atoms with E-state index in [1.165, 1.54) is 18.2 Å². The second-order valence-electron chi connectivity index (χ2n) is 4.65. The summed E-state index contributed by atoms with van der Waals surface area (Å²) in [4.78, 5) is 0. The third kappa shape index (κ3) is 3.30. The van der Waals surface area contributed by atoms with Crippen molar-refractivity contribution in [2.45, 2.75) is 37.1 Å². The van der Waals surface area contributed by atoms with Crippen LogP contribution in [0.2, 0.25) is 0 Å². The molecule has 4 N–H and O–H groups in total. The van der Waals surface area contributed by atoms with Crippen LogP contribution in [0.25, 0.3) is 0 Å². The average molecular weight is 306 g/mol. The lowest BCUT2D eigenvalue weighted by Gasteiger charge is -2.39. The molecule has 0 spiro atoms. The van der Waals surface area contributed by atoms with Crippen LogP contribution >= 0.6 is 0 Å². The predicted octanol–water partition coefficient (Wildman–Crippen LogP) is -0.197. The van der Waals surface area contributed by atoms with Gasteiger partial charge in [-0.05, 0) is 12.1 Å². The van der Waals surface area contributed by atoms with Gasteiger partial charge in [0.1, 0.15) is 30.2 Å². The predicted molar refractivity (Wildman–Crippen MR) is 65.8 cm³/mol. The molecule has 8 heteroatoms. The fourth-order valence-electron chi connectivity index (χ4n) is 2.06. The minimum Gasteiger partial charge on any atom is -0.461 e. The zero-order chi connectivity index (χ0) is 15.6. The maximum atomic E-state index is 12.8. The molecule has 5 atom stereocenters. The number of aliphatic hydroxyl groups is 4. The SMILES string of the molecule is OC[C@H]1O[C@@H](Oc2ccccc2C(F)F)[C@H](O)[C@@H](O)[C@@H]1O. The van der Waals surface area contributed by atoms with Crippen LogP contribution < -0.4 is 4.74 Å². The third-order valence-corrected chi connectivity index (χ3v) is 3.25. The normalized spacial score (nSPS) is 33.2. The Labute approximate surface area is 119 Å². The van der Waals surface area contributed by atoms with Gasteiger partial charge >= 0.3 is 0 Å². The van der Waals surface area contributed by atoms with Gasteiger partial charge in [-0.3, -0.25) is 0 Å². The molecule has 1 aliphatic rings. The van der Waals surface area contributed by atoms with Gasteiger partial charge in [0.05, 0.1) is 12.2 Å². The van der Waals surface area contributed by atoms with Gasteiger partial charge in [0.15, 0.2) is 0 Å². The fourth-order valence-corrected chi connectivity index (χ4v) is 2.06. The molecule has 0 aromatic heterocycles. The fraction of sp³-hybridized carbons (Fsp3) is 0.538. The van der Waals surface area contributed by atoms with Gasteiger partial charge in [-0.2, -0.15) is 0 Å². The summed E-state index contributed by atoms with van der Waals surface area (Å²) in [5.41, 5.74) is -0.394. The first-order valence-corrected chi connectivity index (χ1v) is 6.30. The molecule has 0 radical (unpaired) electrons. The molecular formula is C13H16F2O6. The van der Waals surface area contributed by atoms with Gasteiger partial charge in [0.2, 0.25) is 6.29 Å². The number of hydrogen-bond donors (Lipinski definition) is 4. The second-order valence-corrected chi connectivity index (χ2v) is 4.65. The number of ether oxygens (including phenoxy) is 2. The van der Waals surface area contributed by atoms with Crippen molar-refractivity contribution in [1.29, 1.82) is 0 Å². The van der Waals surface area contributed by atoms with Crippen LogP contribution in [0.5, 0.6) is 5.75 Å². The van der Waals surface area contributed by atoms with Crippen molar-refractivity contribution < 1.29 is 38.7 Å². The van der Waals surface area contributed by atoms with E-state index >= 15 is 0 Å². The number of alkyl halides is 2. The van der Waals surface area contributed by atoms with Crippen LogP contribution in [0.1, 0.15) is 12.0 Å². The minimum absolute atomic E-state index is 0.211. The van der Waals surface area contributed by atoms with Crippen molar-refractivity contribution in [3.05, 3.63) is 29.8 Å². The zero-order valence-corrected chi connectivity index (χ0v) is 10.8. The van der Waals surface area contributed by atoms with Crippen molar-refractivity contribution in [2.75, 3.05) is 6.61 Å². The lowest BCUT2D eigenvalue weighted by Crippen LogP contribution is -2.60. The van der Waals surface area contributed by atoms with Gasteiger partial charge in [-0.15, -0.1) is 0 Å². The molecule has 1 heterocycles. The number of hydrogen-bond acceptors (Lipinski definition) is 6. The third-order valence-electron chi connectivity index (χ3n) is 3.25. The maximum absolute atomic E-state index is 12.8. The molecule has 1 fully saturated rings. The number of para-hydroxylation sites is 1. The highest BCUT2D eigenvalue weighted by Gasteiger charge is 2.44. The Morgan fingerprint density at radius 2 is 1.76 bits per heavy atom. The first-order valence-electron chi connectivity index (χ1n) is 6.30. The number of rotatable bonds is 4. The standard InChI is InChI=1S/C13H16F2O6/c14-12(15)6-3-1-2-4-7(6)20-13-11(19)10(18)9(17)8(5-16)21-13/h1-4,8-13,16-19H,5H2/t8-,9-,10+,11-,13-/m1/s1. The maximum Gasteiger partial charge on any atom is 0.267 e. The van der Waals surface area contributed by atoms with Crippen molar-refractivity contribution in [2.24, 2.45) is 0 Å². The van der Waals surface area contributed by atoms with Gasteiger partial charge in [0.25, 0.3) is 6.43 Å². The second kappa shape index (κ2) is 6.63. The Balaban J connectivity index is 2.19. The zero-order valence-electron chi connectivity index (χ0n) is 10.8. The van der Waals surface area contributed by atoms with E-state index in [-0.39, 0.29) is 5.75 Å². The summed E-state index contributed by atoms with van der Waals surface area (Å²) in [5.74, 6) is -0.211. The molecule has 0 aliphatic carbocycles. The Hall–Kier alpha value is -1.32. The first kappa shape index (κ1) is 16.1. The van der Waals surface area contributed by atoms with Gasteiger partial charge < -0.3 is 29.9 Å². The lowest BCUT2D eigenvalue weighted by molar-refractivity contribution is -0.277. The van der Waals surface area contributed by atoms with E-state index in [4.69, 9.17) is 14.6 Å². The highest BCUT2D eigenvalue weighted by molar-refractivity contribution is 5.34. The summed E-state index contributed by atoms with van der Waals surface area (Å²) < 4.78 is 36.0. The van der Waals surface area contributed by atoms with Crippen LogP contribution in [-0.4, -0.2) is 57.7 Å². The van der Waals surface area contributed by atoms with Gasteiger partial charge in [-0.1, -0.05) is 12.1 Å². The van der Waals surface area contributed by atoms with Crippen molar-refractivity contribution in [3.8, 4) is 5.75 Å². The van der Waals surface area contributed by atoms with E-state index in [0.717, 1.165) is 6.07 Å². The van der Waals surface area contributed by atoms with Crippen LogP contribution in [0, 0.1) is 0 Å². The highest BCUT2D eigenvalue weighted by Crippen LogP contribution is 2.31. The summed E-state index contributed by atoms with van der Waals surface area (Å²) >= 11 is 0. The number of benzene rings is 1. The average Bonchev–Trinajstić information content (AvgIpc) is 2.48. The number of halogens is 2. The summed E-state index contributed by atoms with van der Waals surface area (Å²) in [7, 11) is 0. The van der Waals surface area contributed by atoms with Crippen LogP contribution in [0.15, 0.2) is 24.3 Å². The van der Waals surface area contributed by atoms with E-state index in [2.05, 4.69) is 0 Å². The molecule has 0 unspecified atom stereocenters.